The largest absolute Gasteiger partial charge is 0.489 e. The summed E-state index contributed by atoms with van der Waals surface area (Å²) >= 11 is 0. The minimum Gasteiger partial charge on any atom is -0.489 e. The van der Waals surface area contributed by atoms with Crippen LogP contribution in [0.15, 0.2) is 42.6 Å². The van der Waals surface area contributed by atoms with Crippen LogP contribution in [0.1, 0.15) is 38.8 Å². The molecule has 0 unspecified atom stereocenters. The molecule has 3 nitrogen and oxygen atoms in total. The zero-order valence-corrected chi connectivity index (χ0v) is 13.3. The number of hydrogen-bond acceptors (Lipinski definition) is 3. The van der Waals surface area contributed by atoms with Gasteiger partial charge in [-0.25, -0.2) is 4.98 Å². The van der Waals surface area contributed by atoms with Crippen molar-refractivity contribution in [2.24, 2.45) is 0 Å². The van der Waals surface area contributed by atoms with Crippen LogP contribution in [0, 0.1) is 0 Å². The number of pyridine rings is 1. The molecule has 1 aromatic heterocycles. The Morgan fingerprint density at radius 2 is 1.81 bits per heavy atom. The Morgan fingerprint density at radius 3 is 2.43 bits per heavy atom. The Bertz CT molecular complexity index is 571. The maximum atomic E-state index is 5.87. The van der Waals surface area contributed by atoms with Crippen molar-refractivity contribution in [1.29, 1.82) is 0 Å². The van der Waals surface area contributed by atoms with Gasteiger partial charge in [-0.05, 0) is 36.1 Å². The molecule has 0 aliphatic rings. The van der Waals surface area contributed by atoms with Gasteiger partial charge >= 0.3 is 0 Å². The molecular formula is C18H24N2O. The zero-order chi connectivity index (χ0) is 15.3. The van der Waals surface area contributed by atoms with E-state index < -0.39 is 0 Å². The van der Waals surface area contributed by atoms with E-state index in [1.165, 1.54) is 5.56 Å². The molecule has 0 saturated carbocycles. The molecule has 21 heavy (non-hydrogen) atoms. The number of aromatic nitrogens is 1. The second kappa shape index (κ2) is 6.61. The van der Waals surface area contributed by atoms with Gasteiger partial charge in [-0.1, -0.05) is 39.0 Å². The van der Waals surface area contributed by atoms with E-state index in [0.717, 1.165) is 23.7 Å². The van der Waals surface area contributed by atoms with Gasteiger partial charge in [-0.3, -0.25) is 0 Å². The van der Waals surface area contributed by atoms with E-state index >= 15 is 0 Å². The standard InChI is InChI=1S/C18H24N2O/c1-5-19-17-14(7-6-12-20-17)13-21-16-10-8-15(9-11-16)18(2,3)4/h6-12H,5,13H2,1-4H3,(H,19,20). The molecule has 2 rings (SSSR count). The van der Waals surface area contributed by atoms with Gasteiger partial charge in [0, 0.05) is 18.3 Å². The van der Waals surface area contributed by atoms with Crippen molar-refractivity contribution in [3.8, 4) is 5.75 Å². The van der Waals surface area contributed by atoms with Crippen molar-refractivity contribution >= 4 is 5.82 Å². The smallest absolute Gasteiger partial charge is 0.132 e. The Morgan fingerprint density at radius 1 is 1.10 bits per heavy atom. The van der Waals surface area contributed by atoms with Gasteiger partial charge in [0.1, 0.15) is 18.2 Å². The van der Waals surface area contributed by atoms with Gasteiger partial charge in [0.05, 0.1) is 0 Å². The molecule has 0 amide bonds. The number of ether oxygens (including phenoxy) is 1. The lowest BCUT2D eigenvalue weighted by Crippen LogP contribution is -2.10. The Hall–Kier alpha value is -2.03. The molecule has 1 heterocycles. The van der Waals surface area contributed by atoms with Gasteiger partial charge in [-0.15, -0.1) is 0 Å². The molecule has 0 saturated heterocycles. The van der Waals surface area contributed by atoms with E-state index in [1.807, 2.05) is 24.3 Å². The normalized spacial score (nSPS) is 11.2. The summed E-state index contributed by atoms with van der Waals surface area (Å²) in [6, 6.07) is 12.3. The lowest BCUT2D eigenvalue weighted by molar-refractivity contribution is 0.306. The number of nitrogens with zero attached hydrogens (tertiary/aromatic N) is 1. The molecule has 2 aromatic rings. The summed E-state index contributed by atoms with van der Waals surface area (Å²) in [6.45, 7) is 10.1. The molecule has 0 aliphatic heterocycles. The minimum atomic E-state index is 0.167. The monoisotopic (exact) mass is 284 g/mol. The summed E-state index contributed by atoms with van der Waals surface area (Å²) in [6.07, 6.45) is 1.79. The van der Waals surface area contributed by atoms with Crippen LogP contribution >= 0.6 is 0 Å². The van der Waals surface area contributed by atoms with Gasteiger partial charge in [-0.2, -0.15) is 0 Å². The fourth-order valence-electron chi connectivity index (χ4n) is 2.09. The van der Waals surface area contributed by atoms with Crippen molar-refractivity contribution < 1.29 is 4.74 Å². The average molecular weight is 284 g/mol. The van der Waals surface area contributed by atoms with Crippen LogP contribution in [0.25, 0.3) is 0 Å². The molecule has 0 spiro atoms. The predicted octanol–water partition coefficient (Wildman–Crippen LogP) is 4.39. The van der Waals surface area contributed by atoms with E-state index in [-0.39, 0.29) is 5.41 Å². The van der Waals surface area contributed by atoms with Crippen molar-refractivity contribution in [3.05, 3.63) is 53.7 Å². The van der Waals surface area contributed by atoms with Crippen molar-refractivity contribution in [2.45, 2.75) is 39.7 Å². The average Bonchev–Trinajstić information content (AvgIpc) is 2.46. The Labute approximate surface area is 127 Å². The maximum Gasteiger partial charge on any atom is 0.132 e. The van der Waals surface area contributed by atoms with Gasteiger partial charge in [0.15, 0.2) is 0 Å². The van der Waals surface area contributed by atoms with Crippen LogP contribution < -0.4 is 10.1 Å². The fourth-order valence-corrected chi connectivity index (χ4v) is 2.09. The summed E-state index contributed by atoms with van der Waals surface area (Å²) in [5.74, 6) is 1.78. The third kappa shape index (κ3) is 4.22. The SMILES string of the molecule is CCNc1ncccc1COc1ccc(C(C)(C)C)cc1. The lowest BCUT2D eigenvalue weighted by Gasteiger charge is -2.19. The number of rotatable bonds is 5. The molecule has 0 atom stereocenters. The highest BCUT2D eigenvalue weighted by Crippen LogP contribution is 2.25. The second-order valence-electron chi connectivity index (χ2n) is 6.10. The summed E-state index contributed by atoms with van der Waals surface area (Å²) in [4.78, 5) is 4.34. The van der Waals surface area contributed by atoms with Crippen LogP contribution in [0.2, 0.25) is 0 Å². The Balaban J connectivity index is 2.03. The number of nitrogens with one attached hydrogen (secondary N) is 1. The summed E-state index contributed by atoms with van der Waals surface area (Å²) in [7, 11) is 0. The molecule has 0 aliphatic carbocycles. The van der Waals surface area contributed by atoms with E-state index in [9.17, 15) is 0 Å². The van der Waals surface area contributed by atoms with E-state index in [0.29, 0.717) is 6.61 Å². The maximum absolute atomic E-state index is 5.87. The molecule has 1 N–H and O–H groups in total. The first-order chi connectivity index (χ1) is 10.0. The highest BCUT2D eigenvalue weighted by molar-refractivity contribution is 5.43. The first kappa shape index (κ1) is 15.4. The molecule has 0 fully saturated rings. The van der Waals surface area contributed by atoms with Crippen LogP contribution in [-0.4, -0.2) is 11.5 Å². The van der Waals surface area contributed by atoms with Gasteiger partial charge < -0.3 is 10.1 Å². The summed E-state index contributed by atoms with van der Waals surface area (Å²) in [5, 5.41) is 3.25. The van der Waals surface area contributed by atoms with Crippen molar-refractivity contribution in [3.63, 3.8) is 0 Å². The highest BCUT2D eigenvalue weighted by Gasteiger charge is 2.13. The topological polar surface area (TPSA) is 34.2 Å². The molecule has 0 bridgehead atoms. The van der Waals surface area contributed by atoms with Crippen molar-refractivity contribution in [1.82, 2.24) is 4.98 Å². The predicted molar refractivity (Wildman–Crippen MR) is 87.9 cm³/mol. The summed E-state index contributed by atoms with van der Waals surface area (Å²) in [5.41, 5.74) is 2.55. The van der Waals surface area contributed by atoms with Crippen LogP contribution in [0.3, 0.4) is 0 Å². The number of anilines is 1. The second-order valence-corrected chi connectivity index (χ2v) is 6.10. The molecule has 0 radical (unpaired) electrons. The molecular weight excluding hydrogens is 260 g/mol. The Kier molecular flexibility index (Phi) is 4.84. The molecule has 3 heteroatoms. The first-order valence-electron chi connectivity index (χ1n) is 7.42. The summed E-state index contributed by atoms with van der Waals surface area (Å²) < 4.78 is 5.87. The van der Waals surface area contributed by atoms with Crippen LogP contribution in [0.4, 0.5) is 5.82 Å². The highest BCUT2D eigenvalue weighted by atomic mass is 16.5. The van der Waals surface area contributed by atoms with Gasteiger partial charge in [0.25, 0.3) is 0 Å². The van der Waals surface area contributed by atoms with Gasteiger partial charge in [0.2, 0.25) is 0 Å². The van der Waals surface area contributed by atoms with Crippen LogP contribution in [0.5, 0.6) is 5.75 Å². The minimum absolute atomic E-state index is 0.167. The molecule has 1 aromatic carbocycles. The lowest BCUT2D eigenvalue weighted by atomic mass is 9.87. The van der Waals surface area contributed by atoms with E-state index in [2.05, 4.69) is 50.1 Å². The quantitative estimate of drug-likeness (QED) is 0.884. The first-order valence-corrected chi connectivity index (χ1v) is 7.42. The molecule has 112 valence electrons. The van der Waals surface area contributed by atoms with E-state index in [4.69, 9.17) is 4.74 Å². The van der Waals surface area contributed by atoms with E-state index in [1.54, 1.807) is 6.20 Å². The van der Waals surface area contributed by atoms with Crippen molar-refractivity contribution in [2.75, 3.05) is 11.9 Å². The van der Waals surface area contributed by atoms with Crippen LogP contribution in [-0.2, 0) is 12.0 Å². The zero-order valence-electron chi connectivity index (χ0n) is 13.3. The number of hydrogen-bond donors (Lipinski definition) is 1. The third-order valence-electron chi connectivity index (χ3n) is 3.35. The number of benzene rings is 1. The fraction of sp³-hybridized carbons (Fsp3) is 0.389. The third-order valence-corrected chi connectivity index (χ3v) is 3.35.